The molecule has 7 heteroatoms. The van der Waals surface area contributed by atoms with Crippen molar-refractivity contribution < 1.29 is 19.2 Å². The zero-order valence-corrected chi connectivity index (χ0v) is 13.1. The second-order valence-electron chi connectivity index (χ2n) is 5.57. The SMILES string of the molecule is Cc1nc(C2CC2)sc1C(=O)ON1C(=O)c2ccccc2C1=O. The number of fused-ring (bicyclic) bond motifs is 1. The highest BCUT2D eigenvalue weighted by atomic mass is 32.1. The van der Waals surface area contributed by atoms with Crippen LogP contribution >= 0.6 is 11.3 Å². The van der Waals surface area contributed by atoms with Crippen LogP contribution in [0, 0.1) is 6.92 Å². The summed E-state index contributed by atoms with van der Waals surface area (Å²) >= 11 is 1.27. The zero-order chi connectivity index (χ0) is 16.1. The number of carbonyl (C=O) groups excluding carboxylic acids is 3. The van der Waals surface area contributed by atoms with Gasteiger partial charge in [0.15, 0.2) is 0 Å². The van der Waals surface area contributed by atoms with E-state index in [0.717, 1.165) is 17.8 Å². The largest absolute Gasteiger partial charge is 0.375 e. The van der Waals surface area contributed by atoms with Gasteiger partial charge < -0.3 is 4.84 Å². The van der Waals surface area contributed by atoms with Gasteiger partial charge in [-0.05, 0) is 31.9 Å². The Balaban J connectivity index is 1.58. The van der Waals surface area contributed by atoms with Crippen LogP contribution in [0.1, 0.15) is 59.8 Å². The number of carbonyl (C=O) groups is 3. The second kappa shape index (κ2) is 4.99. The summed E-state index contributed by atoms with van der Waals surface area (Å²) in [6.45, 7) is 1.72. The average molecular weight is 328 g/mol. The maximum absolute atomic E-state index is 12.3. The summed E-state index contributed by atoms with van der Waals surface area (Å²) in [5.41, 5.74) is 1.05. The normalized spacial score (nSPS) is 16.7. The summed E-state index contributed by atoms with van der Waals surface area (Å²) in [5, 5.41) is 1.44. The van der Waals surface area contributed by atoms with E-state index < -0.39 is 17.8 Å². The van der Waals surface area contributed by atoms with Gasteiger partial charge >= 0.3 is 5.97 Å². The number of benzene rings is 1. The molecule has 23 heavy (non-hydrogen) atoms. The molecule has 0 bridgehead atoms. The van der Waals surface area contributed by atoms with Crippen molar-refractivity contribution in [3.63, 3.8) is 0 Å². The maximum Gasteiger partial charge on any atom is 0.375 e. The molecule has 0 unspecified atom stereocenters. The first-order valence-electron chi connectivity index (χ1n) is 7.23. The molecule has 6 nitrogen and oxygen atoms in total. The monoisotopic (exact) mass is 328 g/mol. The number of amides is 2. The van der Waals surface area contributed by atoms with Crippen LogP contribution in [0.3, 0.4) is 0 Å². The Labute approximate surface area is 135 Å². The molecule has 0 spiro atoms. The van der Waals surface area contributed by atoms with Gasteiger partial charge in [0, 0.05) is 5.92 Å². The molecular weight excluding hydrogens is 316 g/mol. The van der Waals surface area contributed by atoms with Gasteiger partial charge in [0.2, 0.25) is 0 Å². The van der Waals surface area contributed by atoms with Gasteiger partial charge in [0.25, 0.3) is 11.8 Å². The lowest BCUT2D eigenvalue weighted by molar-refractivity contribution is -0.0581. The molecule has 1 aliphatic heterocycles. The van der Waals surface area contributed by atoms with Crippen molar-refractivity contribution >= 4 is 29.1 Å². The third kappa shape index (κ3) is 2.24. The molecule has 2 aromatic rings. The predicted octanol–water partition coefficient (Wildman–Crippen LogP) is 2.70. The molecule has 1 fully saturated rings. The van der Waals surface area contributed by atoms with Crippen LogP contribution in [0.15, 0.2) is 24.3 Å². The molecule has 0 N–H and O–H groups in total. The molecule has 1 aromatic heterocycles. The number of hydroxylamine groups is 2. The van der Waals surface area contributed by atoms with Gasteiger partial charge in [-0.2, -0.15) is 0 Å². The fourth-order valence-corrected chi connectivity index (χ4v) is 3.59. The molecule has 4 rings (SSSR count). The van der Waals surface area contributed by atoms with E-state index in [-0.39, 0.29) is 11.1 Å². The van der Waals surface area contributed by atoms with E-state index in [0.29, 0.717) is 21.6 Å². The minimum absolute atomic E-state index is 0.241. The molecule has 116 valence electrons. The summed E-state index contributed by atoms with van der Waals surface area (Å²) in [5.74, 6) is -1.53. The highest BCUT2D eigenvalue weighted by molar-refractivity contribution is 7.13. The van der Waals surface area contributed by atoms with Gasteiger partial charge in [0.05, 0.1) is 21.8 Å². The van der Waals surface area contributed by atoms with Crippen LogP contribution in [0.4, 0.5) is 0 Å². The molecule has 2 heterocycles. The Morgan fingerprint density at radius 1 is 1.22 bits per heavy atom. The fourth-order valence-electron chi connectivity index (χ4n) is 2.49. The molecule has 2 amide bonds. The van der Waals surface area contributed by atoms with E-state index >= 15 is 0 Å². The first-order chi connectivity index (χ1) is 11.1. The fraction of sp³-hybridized carbons (Fsp3) is 0.250. The first kappa shape index (κ1) is 14.1. The van der Waals surface area contributed by atoms with Crippen LogP contribution in [0.2, 0.25) is 0 Å². The van der Waals surface area contributed by atoms with Crippen molar-refractivity contribution in [3.8, 4) is 0 Å². The molecular formula is C16H12N2O4S. The minimum Gasteiger partial charge on any atom is -0.323 e. The summed E-state index contributed by atoms with van der Waals surface area (Å²) in [4.78, 5) is 46.5. The minimum atomic E-state index is -0.721. The number of hydrogen-bond acceptors (Lipinski definition) is 6. The van der Waals surface area contributed by atoms with Crippen molar-refractivity contribution in [2.75, 3.05) is 0 Å². The van der Waals surface area contributed by atoms with Crippen molar-refractivity contribution in [1.82, 2.24) is 10.0 Å². The highest BCUT2D eigenvalue weighted by Gasteiger charge is 2.39. The number of aryl methyl sites for hydroxylation is 1. The van der Waals surface area contributed by atoms with Crippen molar-refractivity contribution in [2.24, 2.45) is 0 Å². The van der Waals surface area contributed by atoms with Crippen molar-refractivity contribution in [1.29, 1.82) is 0 Å². The third-order valence-electron chi connectivity index (χ3n) is 3.86. The zero-order valence-electron chi connectivity index (χ0n) is 12.2. The topological polar surface area (TPSA) is 76.6 Å². The lowest BCUT2D eigenvalue weighted by Gasteiger charge is -2.11. The molecule has 1 aliphatic carbocycles. The standard InChI is InChI=1S/C16H12N2O4S/c1-8-12(23-13(17-8)9-6-7-9)16(21)22-18-14(19)10-4-2-3-5-11(10)15(18)20/h2-5,9H,6-7H2,1H3. The second-order valence-corrected chi connectivity index (χ2v) is 6.60. The van der Waals surface area contributed by atoms with Crippen LogP contribution in [-0.4, -0.2) is 27.8 Å². The molecule has 0 radical (unpaired) electrons. The molecule has 0 atom stereocenters. The number of thiazole rings is 1. The molecule has 1 aromatic carbocycles. The van der Waals surface area contributed by atoms with Gasteiger partial charge in [-0.15, -0.1) is 11.3 Å². The quantitative estimate of drug-likeness (QED) is 0.810. The number of aromatic nitrogens is 1. The first-order valence-corrected chi connectivity index (χ1v) is 8.05. The van der Waals surface area contributed by atoms with Crippen LogP contribution in [-0.2, 0) is 4.84 Å². The van der Waals surface area contributed by atoms with E-state index in [1.165, 1.54) is 23.5 Å². The molecule has 2 aliphatic rings. The number of nitrogens with zero attached hydrogens (tertiary/aromatic N) is 2. The van der Waals surface area contributed by atoms with E-state index in [9.17, 15) is 14.4 Å². The Morgan fingerprint density at radius 3 is 2.39 bits per heavy atom. The average Bonchev–Trinajstić information content (AvgIpc) is 3.29. The third-order valence-corrected chi connectivity index (χ3v) is 5.16. The Morgan fingerprint density at radius 2 is 1.83 bits per heavy atom. The Hall–Kier alpha value is -2.54. The van der Waals surface area contributed by atoms with Crippen molar-refractivity contribution in [2.45, 2.75) is 25.7 Å². The Kier molecular flexibility index (Phi) is 3.05. The maximum atomic E-state index is 12.3. The summed E-state index contributed by atoms with van der Waals surface area (Å²) in [7, 11) is 0. The molecule has 1 saturated carbocycles. The van der Waals surface area contributed by atoms with Crippen molar-refractivity contribution in [3.05, 3.63) is 51.0 Å². The van der Waals surface area contributed by atoms with Crippen LogP contribution < -0.4 is 0 Å². The van der Waals surface area contributed by atoms with Gasteiger partial charge in [-0.3, -0.25) is 9.59 Å². The van der Waals surface area contributed by atoms with E-state index in [4.69, 9.17) is 4.84 Å². The van der Waals surface area contributed by atoms with E-state index in [2.05, 4.69) is 4.98 Å². The summed E-state index contributed by atoms with van der Waals surface area (Å²) in [6.07, 6.45) is 2.17. The summed E-state index contributed by atoms with van der Waals surface area (Å²) in [6, 6.07) is 6.38. The lowest BCUT2D eigenvalue weighted by atomic mass is 10.1. The summed E-state index contributed by atoms with van der Waals surface area (Å²) < 4.78 is 0. The highest BCUT2D eigenvalue weighted by Crippen LogP contribution is 2.42. The smallest absolute Gasteiger partial charge is 0.323 e. The Bertz CT molecular complexity index is 819. The van der Waals surface area contributed by atoms with Crippen LogP contribution in [0.25, 0.3) is 0 Å². The molecule has 0 saturated heterocycles. The predicted molar refractivity (Wildman–Crippen MR) is 81.2 cm³/mol. The van der Waals surface area contributed by atoms with Gasteiger partial charge in [0.1, 0.15) is 4.88 Å². The van der Waals surface area contributed by atoms with Gasteiger partial charge in [-0.25, -0.2) is 9.78 Å². The number of rotatable bonds is 3. The lowest BCUT2D eigenvalue weighted by Crippen LogP contribution is -2.32. The van der Waals surface area contributed by atoms with E-state index in [1.807, 2.05) is 0 Å². The van der Waals surface area contributed by atoms with Crippen LogP contribution in [0.5, 0.6) is 0 Å². The number of hydrogen-bond donors (Lipinski definition) is 0. The van der Waals surface area contributed by atoms with Gasteiger partial charge in [-0.1, -0.05) is 17.2 Å². The number of imide groups is 1. The van der Waals surface area contributed by atoms with E-state index in [1.54, 1.807) is 19.1 Å².